The van der Waals surface area contributed by atoms with E-state index in [1.807, 2.05) is 11.0 Å². The van der Waals surface area contributed by atoms with E-state index in [1.165, 1.54) is 0 Å². The minimum Gasteiger partial charge on any atom is -0.307 e. The molecule has 0 bridgehead atoms. The number of benzene rings is 2. The van der Waals surface area contributed by atoms with Gasteiger partial charge < -0.3 is 10.3 Å². The van der Waals surface area contributed by atoms with Crippen LogP contribution >= 0.6 is 0 Å². The number of carbonyl (C=O) groups excluding carboxylic acids is 1. The number of amides is 1. The second-order valence-electron chi connectivity index (χ2n) is 8.84. The number of hydrazine groups is 2. The molecule has 2 aliphatic rings. The molecule has 1 atom stereocenters. The van der Waals surface area contributed by atoms with Crippen LogP contribution in [0.4, 0.5) is 5.69 Å². The van der Waals surface area contributed by atoms with Crippen molar-refractivity contribution in [3.05, 3.63) is 65.2 Å². The molecule has 2 aromatic carbocycles. The molecule has 2 aromatic rings. The molecule has 0 spiro atoms. The molecule has 5 heteroatoms. The van der Waals surface area contributed by atoms with E-state index < -0.39 is 0 Å². The number of anilines is 1. The van der Waals surface area contributed by atoms with Gasteiger partial charge in [-0.3, -0.25) is 9.80 Å². The molecular weight excluding hydrogens is 372 g/mol. The average Bonchev–Trinajstić information content (AvgIpc) is 3.13. The molecule has 158 valence electrons. The third kappa shape index (κ3) is 3.82. The van der Waals surface area contributed by atoms with Gasteiger partial charge in [-0.1, -0.05) is 76.6 Å². The summed E-state index contributed by atoms with van der Waals surface area (Å²) in [5, 5.41) is 2.20. The molecule has 0 aliphatic carbocycles. The SMILES string of the molecule is CCC(C)CN1NNC2=C1c1ccccc1N(C(=O)CC(C)C)Cc1ccccc12. The minimum atomic E-state index is 0.170. The van der Waals surface area contributed by atoms with Gasteiger partial charge >= 0.3 is 0 Å². The van der Waals surface area contributed by atoms with Crippen LogP contribution in [-0.2, 0) is 11.3 Å². The van der Waals surface area contributed by atoms with Gasteiger partial charge in [-0.25, -0.2) is 0 Å². The molecule has 4 rings (SSSR count). The Hall–Kier alpha value is -2.79. The number of rotatable bonds is 5. The Morgan fingerprint density at radius 3 is 2.47 bits per heavy atom. The Labute approximate surface area is 179 Å². The van der Waals surface area contributed by atoms with Gasteiger partial charge in [0.15, 0.2) is 0 Å². The van der Waals surface area contributed by atoms with E-state index in [1.54, 1.807) is 0 Å². The second-order valence-corrected chi connectivity index (χ2v) is 8.84. The second kappa shape index (κ2) is 8.52. The normalized spacial score (nSPS) is 16.4. The zero-order valence-electron chi connectivity index (χ0n) is 18.4. The van der Waals surface area contributed by atoms with Crippen molar-refractivity contribution < 1.29 is 4.79 Å². The van der Waals surface area contributed by atoms with Gasteiger partial charge in [0, 0.05) is 24.1 Å². The summed E-state index contributed by atoms with van der Waals surface area (Å²) >= 11 is 0. The summed E-state index contributed by atoms with van der Waals surface area (Å²) in [6.07, 6.45) is 1.65. The fourth-order valence-corrected chi connectivity index (χ4v) is 4.17. The molecule has 2 heterocycles. The Morgan fingerprint density at radius 1 is 1.03 bits per heavy atom. The summed E-state index contributed by atoms with van der Waals surface area (Å²) in [4.78, 5) is 15.3. The van der Waals surface area contributed by atoms with Gasteiger partial charge in [0.05, 0.1) is 23.6 Å². The predicted molar refractivity (Wildman–Crippen MR) is 123 cm³/mol. The quantitative estimate of drug-likeness (QED) is 0.753. The van der Waals surface area contributed by atoms with Crippen LogP contribution in [0.15, 0.2) is 48.5 Å². The summed E-state index contributed by atoms with van der Waals surface area (Å²) in [6, 6.07) is 16.7. The number of nitrogens with one attached hydrogen (secondary N) is 2. The van der Waals surface area contributed by atoms with Gasteiger partial charge in [-0.15, -0.1) is 5.53 Å². The van der Waals surface area contributed by atoms with Crippen LogP contribution in [0.2, 0.25) is 0 Å². The zero-order chi connectivity index (χ0) is 21.3. The molecule has 0 saturated carbocycles. The number of carbonyl (C=O) groups is 1. The molecule has 2 N–H and O–H groups in total. The first-order chi connectivity index (χ1) is 14.5. The lowest BCUT2D eigenvalue weighted by atomic mass is 9.95. The Balaban J connectivity index is 1.90. The highest BCUT2D eigenvalue weighted by Gasteiger charge is 2.33. The largest absolute Gasteiger partial charge is 0.307 e. The first-order valence-electron chi connectivity index (χ1n) is 11.0. The summed E-state index contributed by atoms with van der Waals surface area (Å²) in [6.45, 7) is 10.1. The molecule has 0 saturated heterocycles. The van der Waals surface area contributed by atoms with E-state index in [-0.39, 0.29) is 5.91 Å². The molecule has 5 nitrogen and oxygen atoms in total. The van der Waals surface area contributed by atoms with Gasteiger partial charge in [0.25, 0.3) is 0 Å². The van der Waals surface area contributed by atoms with Gasteiger partial charge in [0.2, 0.25) is 5.91 Å². The van der Waals surface area contributed by atoms with Crippen molar-refractivity contribution in [2.75, 3.05) is 11.4 Å². The number of para-hydroxylation sites is 1. The molecular formula is C25H32N4O. The van der Waals surface area contributed by atoms with E-state index >= 15 is 0 Å². The number of hydrogen-bond donors (Lipinski definition) is 2. The fraction of sp³-hybridized carbons (Fsp3) is 0.400. The van der Waals surface area contributed by atoms with Crippen molar-refractivity contribution in [2.24, 2.45) is 11.8 Å². The summed E-state index contributed by atoms with van der Waals surface area (Å²) in [5.74, 6) is 1.03. The summed E-state index contributed by atoms with van der Waals surface area (Å²) < 4.78 is 0. The van der Waals surface area contributed by atoms with Crippen molar-refractivity contribution in [1.29, 1.82) is 0 Å². The van der Waals surface area contributed by atoms with E-state index in [2.05, 4.69) is 86.1 Å². The maximum atomic E-state index is 13.3. The molecule has 0 aromatic heterocycles. The average molecular weight is 405 g/mol. The van der Waals surface area contributed by atoms with Crippen LogP contribution < -0.4 is 15.9 Å². The van der Waals surface area contributed by atoms with Crippen LogP contribution in [0.1, 0.15) is 57.2 Å². The van der Waals surface area contributed by atoms with E-state index in [0.717, 1.165) is 46.7 Å². The minimum absolute atomic E-state index is 0.170. The van der Waals surface area contributed by atoms with E-state index in [0.29, 0.717) is 24.8 Å². The van der Waals surface area contributed by atoms with Crippen LogP contribution in [0.5, 0.6) is 0 Å². The molecule has 2 aliphatic heterocycles. The zero-order valence-corrected chi connectivity index (χ0v) is 18.4. The van der Waals surface area contributed by atoms with Crippen LogP contribution in [-0.4, -0.2) is 17.5 Å². The maximum Gasteiger partial charge on any atom is 0.227 e. The predicted octanol–water partition coefficient (Wildman–Crippen LogP) is 4.78. The maximum absolute atomic E-state index is 13.3. The van der Waals surface area contributed by atoms with Crippen molar-refractivity contribution in [2.45, 2.75) is 47.1 Å². The molecule has 0 radical (unpaired) electrons. The van der Waals surface area contributed by atoms with Crippen LogP contribution in [0, 0.1) is 11.8 Å². The standard InChI is InChI=1S/C25H32N4O/c1-5-18(4)15-29-25-21-12-8-9-13-22(21)28(23(30)14-17(2)3)16-19-10-6-7-11-20(19)24(25)26-27-29/h6-13,17-18,26-27H,5,14-16H2,1-4H3. The summed E-state index contributed by atoms with van der Waals surface area (Å²) in [7, 11) is 0. The first-order valence-corrected chi connectivity index (χ1v) is 11.0. The monoisotopic (exact) mass is 404 g/mol. The van der Waals surface area contributed by atoms with Crippen LogP contribution in [0.3, 0.4) is 0 Å². The van der Waals surface area contributed by atoms with Crippen molar-refractivity contribution in [3.8, 4) is 0 Å². The number of fused-ring (bicyclic) bond motifs is 4. The lowest BCUT2D eigenvalue weighted by Crippen LogP contribution is -2.40. The highest BCUT2D eigenvalue weighted by atomic mass is 16.2. The number of hydrogen-bond acceptors (Lipinski definition) is 4. The molecule has 0 fully saturated rings. The topological polar surface area (TPSA) is 47.6 Å². The van der Waals surface area contributed by atoms with Crippen LogP contribution in [0.25, 0.3) is 11.4 Å². The van der Waals surface area contributed by atoms with E-state index in [9.17, 15) is 4.79 Å². The smallest absolute Gasteiger partial charge is 0.227 e. The fourth-order valence-electron chi connectivity index (χ4n) is 4.17. The van der Waals surface area contributed by atoms with Crippen molar-refractivity contribution >= 4 is 23.0 Å². The molecule has 1 amide bonds. The van der Waals surface area contributed by atoms with Crippen molar-refractivity contribution in [3.63, 3.8) is 0 Å². The first kappa shape index (κ1) is 20.5. The van der Waals surface area contributed by atoms with Gasteiger partial charge in [-0.05, 0) is 23.5 Å². The van der Waals surface area contributed by atoms with Gasteiger partial charge in [0.1, 0.15) is 0 Å². The van der Waals surface area contributed by atoms with Crippen molar-refractivity contribution in [1.82, 2.24) is 16.0 Å². The highest BCUT2D eigenvalue weighted by molar-refractivity contribution is 6.01. The summed E-state index contributed by atoms with van der Waals surface area (Å²) in [5.41, 5.74) is 13.4. The lowest BCUT2D eigenvalue weighted by molar-refractivity contribution is -0.119. The third-order valence-corrected chi connectivity index (χ3v) is 5.96. The molecule has 1 unspecified atom stereocenters. The third-order valence-electron chi connectivity index (χ3n) is 5.96. The molecule has 30 heavy (non-hydrogen) atoms. The highest BCUT2D eigenvalue weighted by Crippen LogP contribution is 2.40. The Bertz CT molecular complexity index is 965. The number of nitrogens with zero attached hydrogens (tertiary/aromatic N) is 2. The Morgan fingerprint density at radius 2 is 1.73 bits per heavy atom. The lowest BCUT2D eigenvalue weighted by Gasteiger charge is -2.31. The Kier molecular flexibility index (Phi) is 5.82. The van der Waals surface area contributed by atoms with Gasteiger partial charge in [-0.2, -0.15) is 0 Å². The van der Waals surface area contributed by atoms with E-state index in [4.69, 9.17) is 0 Å².